The van der Waals surface area contributed by atoms with Gasteiger partial charge in [0.25, 0.3) is 0 Å². The zero-order valence-electron chi connectivity index (χ0n) is 12.9. The molecule has 1 aliphatic rings. The first-order valence-electron chi connectivity index (χ1n) is 7.62. The number of rotatable bonds is 5. The molecule has 3 heteroatoms. The number of hydrogen-bond donors (Lipinski definition) is 2. The van der Waals surface area contributed by atoms with Crippen molar-refractivity contribution in [2.45, 2.75) is 13.1 Å². The first-order chi connectivity index (χ1) is 11.2. The van der Waals surface area contributed by atoms with Crippen molar-refractivity contribution in [3.8, 4) is 0 Å². The van der Waals surface area contributed by atoms with Crippen molar-refractivity contribution in [2.75, 3.05) is 0 Å². The summed E-state index contributed by atoms with van der Waals surface area (Å²) in [7, 11) is 0. The van der Waals surface area contributed by atoms with Gasteiger partial charge in [0.1, 0.15) is 0 Å². The highest BCUT2D eigenvalue weighted by Gasteiger charge is 2.14. The molecular formula is C20H19N3. The fourth-order valence-electron chi connectivity index (χ4n) is 2.58. The van der Waals surface area contributed by atoms with E-state index in [0.717, 1.165) is 18.8 Å². The maximum Gasteiger partial charge on any atom is 0.0809 e. The molecule has 0 saturated carbocycles. The van der Waals surface area contributed by atoms with E-state index in [1.807, 2.05) is 42.5 Å². The Hall–Kier alpha value is -2.94. The first-order valence-corrected chi connectivity index (χ1v) is 7.62. The summed E-state index contributed by atoms with van der Waals surface area (Å²) in [4.78, 5) is 2.24. The van der Waals surface area contributed by atoms with Gasteiger partial charge in [0.2, 0.25) is 0 Å². The van der Waals surface area contributed by atoms with Gasteiger partial charge >= 0.3 is 0 Å². The lowest BCUT2D eigenvalue weighted by Crippen LogP contribution is -2.25. The van der Waals surface area contributed by atoms with Gasteiger partial charge in [0.05, 0.1) is 11.4 Å². The molecule has 1 aliphatic carbocycles. The Morgan fingerprint density at radius 1 is 0.652 bits per heavy atom. The topological polar surface area (TPSA) is 50.9 Å². The highest BCUT2D eigenvalue weighted by atomic mass is 15.1. The summed E-state index contributed by atoms with van der Waals surface area (Å²) >= 11 is 0. The summed E-state index contributed by atoms with van der Waals surface area (Å²) in [5, 5.41) is 15.6. The lowest BCUT2D eigenvalue weighted by molar-refractivity contribution is 0.340. The normalized spacial score (nSPS) is 13.8. The van der Waals surface area contributed by atoms with E-state index in [2.05, 4.69) is 29.2 Å². The molecule has 2 aromatic carbocycles. The molecular weight excluding hydrogens is 282 g/mol. The second-order valence-electron chi connectivity index (χ2n) is 5.56. The van der Waals surface area contributed by atoms with Gasteiger partial charge in [-0.2, -0.15) is 0 Å². The van der Waals surface area contributed by atoms with Crippen LogP contribution in [0.2, 0.25) is 0 Å². The third-order valence-corrected chi connectivity index (χ3v) is 3.80. The number of nitrogens with one attached hydrogen (secondary N) is 2. The van der Waals surface area contributed by atoms with Crippen LogP contribution >= 0.6 is 0 Å². The fraction of sp³-hybridized carbons (Fsp3) is 0.100. The van der Waals surface area contributed by atoms with Gasteiger partial charge < -0.3 is 4.90 Å². The van der Waals surface area contributed by atoms with Crippen LogP contribution in [0.25, 0.3) is 0 Å². The number of nitrogens with zero attached hydrogens (tertiary/aromatic N) is 1. The number of benzene rings is 2. The van der Waals surface area contributed by atoms with Crippen LogP contribution in [-0.2, 0) is 13.1 Å². The highest BCUT2D eigenvalue weighted by Crippen LogP contribution is 2.19. The van der Waals surface area contributed by atoms with Crippen LogP contribution in [0.15, 0.2) is 84.6 Å². The molecule has 0 spiro atoms. The Morgan fingerprint density at radius 3 is 1.65 bits per heavy atom. The monoisotopic (exact) mass is 301 g/mol. The summed E-state index contributed by atoms with van der Waals surface area (Å²) in [6, 6.07) is 20.6. The Bertz CT molecular complexity index is 716. The van der Waals surface area contributed by atoms with E-state index in [1.165, 1.54) is 11.1 Å². The largest absolute Gasteiger partial charge is 0.363 e. The van der Waals surface area contributed by atoms with Crippen molar-refractivity contribution < 1.29 is 0 Å². The number of allylic oxidation sites excluding steroid dienone is 3. The smallest absolute Gasteiger partial charge is 0.0809 e. The van der Waals surface area contributed by atoms with Crippen LogP contribution in [0.1, 0.15) is 11.1 Å². The molecule has 0 aromatic heterocycles. The van der Waals surface area contributed by atoms with E-state index in [-0.39, 0.29) is 11.4 Å². The van der Waals surface area contributed by atoms with Crippen LogP contribution in [0, 0.1) is 10.8 Å². The average molecular weight is 301 g/mol. The minimum absolute atomic E-state index is 0.258. The third kappa shape index (κ3) is 3.83. The molecule has 23 heavy (non-hydrogen) atoms. The Balaban J connectivity index is 1.87. The van der Waals surface area contributed by atoms with E-state index in [9.17, 15) is 0 Å². The van der Waals surface area contributed by atoms with Crippen molar-refractivity contribution in [3.63, 3.8) is 0 Å². The van der Waals surface area contributed by atoms with Crippen molar-refractivity contribution in [1.82, 2.24) is 4.90 Å². The van der Waals surface area contributed by atoms with Gasteiger partial charge in [-0.15, -0.1) is 0 Å². The number of hydrogen-bond acceptors (Lipinski definition) is 3. The lowest BCUT2D eigenvalue weighted by Gasteiger charge is -2.27. The molecule has 0 bridgehead atoms. The third-order valence-electron chi connectivity index (χ3n) is 3.80. The summed E-state index contributed by atoms with van der Waals surface area (Å²) in [6.45, 7) is 1.54. The molecule has 3 rings (SSSR count). The Labute approximate surface area is 136 Å². The molecule has 0 saturated heterocycles. The molecule has 0 unspecified atom stereocenters. The zero-order chi connectivity index (χ0) is 16.1. The maximum atomic E-state index is 7.90. The summed E-state index contributed by atoms with van der Waals surface area (Å²) in [5.74, 6) is 0. The van der Waals surface area contributed by atoms with Crippen molar-refractivity contribution in [3.05, 3.63) is 95.7 Å². The van der Waals surface area contributed by atoms with Gasteiger partial charge in [-0.1, -0.05) is 60.7 Å². The summed E-state index contributed by atoms with van der Waals surface area (Å²) in [5.41, 5.74) is 3.94. The quantitative estimate of drug-likeness (QED) is 0.800. The molecule has 3 nitrogen and oxygen atoms in total. The maximum absolute atomic E-state index is 7.90. The molecule has 0 amide bonds. The van der Waals surface area contributed by atoms with Gasteiger partial charge in [-0.25, -0.2) is 0 Å². The van der Waals surface area contributed by atoms with Crippen LogP contribution in [0.4, 0.5) is 0 Å². The molecule has 0 heterocycles. The molecule has 0 atom stereocenters. The molecule has 0 fully saturated rings. The van der Waals surface area contributed by atoms with Gasteiger partial charge in [-0.3, -0.25) is 10.8 Å². The van der Waals surface area contributed by atoms with Crippen molar-refractivity contribution in [2.24, 2.45) is 0 Å². The minimum atomic E-state index is 0.258. The van der Waals surface area contributed by atoms with E-state index < -0.39 is 0 Å². The summed E-state index contributed by atoms with van der Waals surface area (Å²) in [6.07, 6.45) is 5.39. The Morgan fingerprint density at radius 2 is 1.17 bits per heavy atom. The first kappa shape index (κ1) is 15.0. The molecule has 2 N–H and O–H groups in total. The van der Waals surface area contributed by atoms with Gasteiger partial charge in [0, 0.05) is 18.8 Å². The lowest BCUT2D eigenvalue weighted by atomic mass is 10.1. The average Bonchev–Trinajstić information content (AvgIpc) is 2.59. The second kappa shape index (κ2) is 6.88. The predicted octanol–water partition coefficient (Wildman–Crippen LogP) is 4.18. The van der Waals surface area contributed by atoms with Crippen LogP contribution in [0.3, 0.4) is 0 Å². The second-order valence-corrected chi connectivity index (χ2v) is 5.56. The Kier molecular flexibility index (Phi) is 4.48. The van der Waals surface area contributed by atoms with Crippen LogP contribution in [-0.4, -0.2) is 16.3 Å². The molecule has 114 valence electrons. The fourth-order valence-corrected chi connectivity index (χ4v) is 2.58. The minimum Gasteiger partial charge on any atom is -0.363 e. The molecule has 0 radical (unpaired) electrons. The van der Waals surface area contributed by atoms with Crippen LogP contribution in [0.5, 0.6) is 0 Å². The highest BCUT2D eigenvalue weighted by molar-refractivity contribution is 6.49. The van der Waals surface area contributed by atoms with E-state index in [1.54, 1.807) is 12.2 Å². The van der Waals surface area contributed by atoms with E-state index >= 15 is 0 Å². The SMILES string of the molecule is N=C1C=CC(N(Cc2ccccc2)Cc2ccccc2)=CC1=N. The zero-order valence-corrected chi connectivity index (χ0v) is 12.9. The standard InChI is InChI=1S/C20H19N3/c21-19-12-11-18(13-20(19)22)23(14-16-7-3-1-4-8-16)15-17-9-5-2-6-10-17/h1-13,21-22H,14-15H2. The van der Waals surface area contributed by atoms with Crippen molar-refractivity contribution in [1.29, 1.82) is 10.8 Å². The van der Waals surface area contributed by atoms with Crippen LogP contribution < -0.4 is 0 Å². The van der Waals surface area contributed by atoms with Gasteiger partial charge in [-0.05, 0) is 29.4 Å². The van der Waals surface area contributed by atoms with E-state index in [4.69, 9.17) is 10.8 Å². The van der Waals surface area contributed by atoms with Crippen molar-refractivity contribution >= 4 is 11.4 Å². The summed E-state index contributed by atoms with van der Waals surface area (Å²) < 4.78 is 0. The van der Waals surface area contributed by atoms with Gasteiger partial charge in [0.15, 0.2) is 0 Å². The predicted molar refractivity (Wildman–Crippen MR) is 94.8 cm³/mol. The molecule has 0 aliphatic heterocycles. The van der Waals surface area contributed by atoms with E-state index in [0.29, 0.717) is 0 Å². The molecule has 2 aromatic rings.